The SMILES string of the molecule is CC(C)[C@H](C)NC(=O)c1ccc(-c2c[nH]c3cc(F)ccc23)cc1. The van der Waals surface area contributed by atoms with Crippen LogP contribution in [0.2, 0.25) is 0 Å². The molecule has 3 rings (SSSR count). The predicted molar refractivity (Wildman–Crippen MR) is 95.5 cm³/mol. The molecule has 0 aliphatic rings. The van der Waals surface area contributed by atoms with Gasteiger partial charge in [0, 0.05) is 34.3 Å². The minimum absolute atomic E-state index is 0.0660. The van der Waals surface area contributed by atoms with Crippen LogP contribution in [0.3, 0.4) is 0 Å². The number of aromatic amines is 1. The van der Waals surface area contributed by atoms with E-state index >= 15 is 0 Å². The maximum atomic E-state index is 13.3. The molecule has 0 aliphatic heterocycles. The smallest absolute Gasteiger partial charge is 0.251 e. The van der Waals surface area contributed by atoms with Crippen LogP contribution in [0.25, 0.3) is 22.0 Å². The van der Waals surface area contributed by atoms with Crippen LogP contribution in [-0.4, -0.2) is 16.9 Å². The van der Waals surface area contributed by atoms with Crippen molar-refractivity contribution in [1.82, 2.24) is 10.3 Å². The Bertz CT molecular complexity index is 865. The van der Waals surface area contributed by atoms with Crippen LogP contribution in [0, 0.1) is 11.7 Å². The number of aromatic nitrogens is 1. The van der Waals surface area contributed by atoms with Crippen molar-refractivity contribution >= 4 is 16.8 Å². The largest absolute Gasteiger partial charge is 0.360 e. The molecule has 0 saturated heterocycles. The highest BCUT2D eigenvalue weighted by Crippen LogP contribution is 2.29. The lowest BCUT2D eigenvalue weighted by Crippen LogP contribution is -2.36. The summed E-state index contributed by atoms with van der Waals surface area (Å²) in [6.45, 7) is 6.16. The molecule has 0 fully saturated rings. The summed E-state index contributed by atoms with van der Waals surface area (Å²) in [6.07, 6.45) is 1.86. The molecule has 0 saturated carbocycles. The molecular weight excluding hydrogens is 303 g/mol. The first-order valence-corrected chi connectivity index (χ1v) is 8.13. The van der Waals surface area contributed by atoms with Crippen molar-refractivity contribution in [2.45, 2.75) is 26.8 Å². The molecule has 124 valence electrons. The zero-order chi connectivity index (χ0) is 17.3. The number of carbonyl (C=O) groups is 1. The second-order valence-electron chi connectivity index (χ2n) is 6.48. The average molecular weight is 324 g/mol. The van der Waals surface area contributed by atoms with Gasteiger partial charge in [-0.1, -0.05) is 26.0 Å². The number of H-pyrrole nitrogens is 1. The zero-order valence-corrected chi connectivity index (χ0v) is 14.1. The van der Waals surface area contributed by atoms with E-state index in [1.807, 2.05) is 37.4 Å². The van der Waals surface area contributed by atoms with Crippen molar-refractivity contribution < 1.29 is 9.18 Å². The van der Waals surface area contributed by atoms with Gasteiger partial charge in [-0.3, -0.25) is 4.79 Å². The summed E-state index contributed by atoms with van der Waals surface area (Å²) in [5.41, 5.74) is 3.38. The highest BCUT2D eigenvalue weighted by molar-refractivity contribution is 5.97. The van der Waals surface area contributed by atoms with Gasteiger partial charge < -0.3 is 10.3 Å². The maximum Gasteiger partial charge on any atom is 0.251 e. The van der Waals surface area contributed by atoms with E-state index in [-0.39, 0.29) is 17.8 Å². The number of amides is 1. The fraction of sp³-hybridized carbons (Fsp3) is 0.250. The Kier molecular flexibility index (Phi) is 4.38. The van der Waals surface area contributed by atoms with Crippen LogP contribution >= 0.6 is 0 Å². The lowest BCUT2D eigenvalue weighted by atomic mass is 10.0. The molecule has 0 aliphatic carbocycles. The third-order valence-corrected chi connectivity index (χ3v) is 4.46. The number of hydrogen-bond donors (Lipinski definition) is 2. The van der Waals surface area contributed by atoms with Crippen LogP contribution in [0.4, 0.5) is 4.39 Å². The third kappa shape index (κ3) is 3.18. The molecule has 3 aromatic rings. The van der Waals surface area contributed by atoms with E-state index in [0.717, 1.165) is 22.0 Å². The Morgan fingerprint density at radius 3 is 2.46 bits per heavy atom. The fourth-order valence-electron chi connectivity index (χ4n) is 2.60. The average Bonchev–Trinajstić information content (AvgIpc) is 2.97. The van der Waals surface area contributed by atoms with E-state index in [9.17, 15) is 9.18 Å². The Morgan fingerprint density at radius 2 is 1.79 bits per heavy atom. The molecule has 24 heavy (non-hydrogen) atoms. The lowest BCUT2D eigenvalue weighted by Gasteiger charge is -2.17. The summed E-state index contributed by atoms with van der Waals surface area (Å²) >= 11 is 0. The topological polar surface area (TPSA) is 44.9 Å². The molecule has 0 bridgehead atoms. The molecule has 2 N–H and O–H groups in total. The van der Waals surface area contributed by atoms with Crippen LogP contribution < -0.4 is 5.32 Å². The molecule has 2 aromatic carbocycles. The zero-order valence-electron chi connectivity index (χ0n) is 14.1. The monoisotopic (exact) mass is 324 g/mol. The summed E-state index contributed by atoms with van der Waals surface area (Å²) in [4.78, 5) is 15.3. The minimum atomic E-state index is -0.262. The molecular formula is C20H21FN2O. The van der Waals surface area contributed by atoms with Crippen molar-refractivity contribution in [3.63, 3.8) is 0 Å². The van der Waals surface area contributed by atoms with E-state index < -0.39 is 0 Å². The number of carbonyl (C=O) groups excluding carboxylic acids is 1. The van der Waals surface area contributed by atoms with Gasteiger partial charge in [-0.2, -0.15) is 0 Å². The first-order valence-electron chi connectivity index (χ1n) is 8.13. The van der Waals surface area contributed by atoms with Crippen molar-refractivity contribution in [2.75, 3.05) is 0 Å². The second-order valence-corrected chi connectivity index (χ2v) is 6.48. The van der Waals surface area contributed by atoms with Crippen LogP contribution in [0.1, 0.15) is 31.1 Å². The van der Waals surface area contributed by atoms with Gasteiger partial charge in [-0.15, -0.1) is 0 Å². The number of halogens is 1. The number of fused-ring (bicyclic) bond motifs is 1. The molecule has 3 nitrogen and oxygen atoms in total. The van der Waals surface area contributed by atoms with E-state index in [1.165, 1.54) is 12.1 Å². The number of nitrogens with one attached hydrogen (secondary N) is 2. The highest BCUT2D eigenvalue weighted by atomic mass is 19.1. The first kappa shape index (κ1) is 16.2. The summed E-state index contributed by atoms with van der Waals surface area (Å²) in [5, 5.41) is 3.96. The van der Waals surface area contributed by atoms with Gasteiger partial charge in [0.25, 0.3) is 5.91 Å². The highest BCUT2D eigenvalue weighted by Gasteiger charge is 2.13. The van der Waals surface area contributed by atoms with E-state index in [0.29, 0.717) is 11.5 Å². The third-order valence-electron chi connectivity index (χ3n) is 4.46. The fourth-order valence-corrected chi connectivity index (χ4v) is 2.60. The Morgan fingerprint density at radius 1 is 1.08 bits per heavy atom. The molecule has 1 atom stereocenters. The maximum absolute atomic E-state index is 13.3. The Balaban J connectivity index is 1.85. The van der Waals surface area contributed by atoms with Crippen LogP contribution in [0.15, 0.2) is 48.7 Å². The number of hydrogen-bond acceptors (Lipinski definition) is 1. The van der Waals surface area contributed by atoms with E-state index in [4.69, 9.17) is 0 Å². The second kappa shape index (κ2) is 6.48. The predicted octanol–water partition coefficient (Wildman–Crippen LogP) is 4.75. The van der Waals surface area contributed by atoms with E-state index in [1.54, 1.807) is 6.07 Å². The first-order chi connectivity index (χ1) is 11.5. The van der Waals surface area contributed by atoms with Gasteiger partial charge in [0.1, 0.15) is 5.82 Å². The molecule has 1 heterocycles. The van der Waals surface area contributed by atoms with Crippen LogP contribution in [-0.2, 0) is 0 Å². The molecule has 1 aromatic heterocycles. The molecule has 4 heteroatoms. The van der Waals surface area contributed by atoms with Gasteiger partial charge in [-0.05, 0) is 48.7 Å². The summed E-state index contributed by atoms with van der Waals surface area (Å²) < 4.78 is 13.3. The standard InChI is InChI=1S/C20H21FN2O/c1-12(2)13(3)23-20(24)15-6-4-14(5-7-15)18-11-22-19-10-16(21)8-9-17(18)19/h4-13,22H,1-3H3,(H,23,24)/t13-/m0/s1. The molecule has 0 radical (unpaired) electrons. The van der Waals surface area contributed by atoms with E-state index in [2.05, 4.69) is 24.1 Å². The van der Waals surface area contributed by atoms with Crippen molar-refractivity contribution in [3.8, 4) is 11.1 Å². The van der Waals surface area contributed by atoms with Gasteiger partial charge in [0.15, 0.2) is 0 Å². The molecule has 0 unspecified atom stereocenters. The summed E-state index contributed by atoms with van der Waals surface area (Å²) in [7, 11) is 0. The van der Waals surface area contributed by atoms with Gasteiger partial charge in [0.05, 0.1) is 0 Å². The van der Waals surface area contributed by atoms with Crippen LogP contribution in [0.5, 0.6) is 0 Å². The molecule has 0 spiro atoms. The Labute approximate surface area is 140 Å². The van der Waals surface area contributed by atoms with Gasteiger partial charge in [0.2, 0.25) is 0 Å². The summed E-state index contributed by atoms with van der Waals surface area (Å²) in [5.74, 6) is 0.0609. The van der Waals surface area contributed by atoms with Crippen molar-refractivity contribution in [1.29, 1.82) is 0 Å². The quantitative estimate of drug-likeness (QED) is 0.715. The van der Waals surface area contributed by atoms with Crippen molar-refractivity contribution in [3.05, 3.63) is 60.0 Å². The number of rotatable bonds is 4. The lowest BCUT2D eigenvalue weighted by molar-refractivity contribution is 0.0930. The van der Waals surface area contributed by atoms with Gasteiger partial charge in [-0.25, -0.2) is 4.39 Å². The summed E-state index contributed by atoms with van der Waals surface area (Å²) in [6, 6.07) is 12.3. The van der Waals surface area contributed by atoms with Crippen molar-refractivity contribution in [2.24, 2.45) is 5.92 Å². The van der Waals surface area contributed by atoms with Gasteiger partial charge >= 0.3 is 0 Å². The minimum Gasteiger partial charge on any atom is -0.360 e. The normalized spacial score (nSPS) is 12.5. The molecule has 1 amide bonds. The Hall–Kier alpha value is -2.62. The number of benzene rings is 2.